The fourth-order valence-electron chi connectivity index (χ4n) is 2.06. The Balaban J connectivity index is 2.00. The fourth-order valence-corrected chi connectivity index (χ4v) is 2.19. The van der Waals surface area contributed by atoms with Crippen LogP contribution in [0.15, 0.2) is 36.9 Å². The van der Waals surface area contributed by atoms with Crippen LogP contribution in [-0.4, -0.2) is 29.7 Å². The average Bonchev–Trinajstić information content (AvgIpc) is 3.03. The SMILES string of the molecule is Clc1ncc2ncn(-c3ccc4[nH]ncc4c3)c2n1. The lowest BCUT2D eigenvalue weighted by Gasteiger charge is -2.03. The van der Waals surface area contributed by atoms with Crippen LogP contribution in [0.1, 0.15) is 0 Å². The lowest BCUT2D eigenvalue weighted by atomic mass is 10.2. The second-order valence-electron chi connectivity index (χ2n) is 4.10. The number of fused-ring (bicyclic) bond motifs is 2. The first-order valence-corrected chi connectivity index (χ1v) is 5.98. The minimum Gasteiger partial charge on any atom is -0.283 e. The molecule has 3 aromatic heterocycles. The predicted octanol–water partition coefficient (Wildman–Crippen LogP) is 2.35. The molecular formula is C12H7ClN6. The molecule has 6 nitrogen and oxygen atoms in total. The van der Waals surface area contributed by atoms with E-state index in [2.05, 4.69) is 25.1 Å². The predicted molar refractivity (Wildman–Crippen MR) is 71.3 cm³/mol. The second kappa shape index (κ2) is 3.76. The Bertz CT molecular complexity index is 893. The molecular weight excluding hydrogens is 264 g/mol. The summed E-state index contributed by atoms with van der Waals surface area (Å²) in [5.41, 5.74) is 3.33. The summed E-state index contributed by atoms with van der Waals surface area (Å²) in [4.78, 5) is 12.4. The van der Waals surface area contributed by atoms with E-state index in [1.165, 1.54) is 0 Å². The van der Waals surface area contributed by atoms with Crippen LogP contribution >= 0.6 is 11.6 Å². The van der Waals surface area contributed by atoms with Gasteiger partial charge >= 0.3 is 0 Å². The minimum absolute atomic E-state index is 0.207. The van der Waals surface area contributed by atoms with Crippen LogP contribution < -0.4 is 0 Å². The maximum atomic E-state index is 5.83. The molecule has 92 valence electrons. The van der Waals surface area contributed by atoms with Gasteiger partial charge in [0.1, 0.15) is 11.8 Å². The summed E-state index contributed by atoms with van der Waals surface area (Å²) in [6, 6.07) is 5.94. The van der Waals surface area contributed by atoms with Gasteiger partial charge in [-0.2, -0.15) is 10.1 Å². The molecule has 3 heterocycles. The van der Waals surface area contributed by atoms with Crippen molar-refractivity contribution in [1.29, 1.82) is 0 Å². The normalized spacial score (nSPS) is 11.4. The Hall–Kier alpha value is -2.47. The Labute approximate surface area is 112 Å². The van der Waals surface area contributed by atoms with Gasteiger partial charge in [-0.05, 0) is 29.8 Å². The van der Waals surface area contributed by atoms with Crippen LogP contribution in [0.3, 0.4) is 0 Å². The zero-order chi connectivity index (χ0) is 12.8. The molecule has 4 rings (SSSR count). The van der Waals surface area contributed by atoms with Gasteiger partial charge in [-0.25, -0.2) is 9.97 Å². The number of imidazole rings is 1. The molecule has 1 aromatic carbocycles. The molecule has 0 unspecified atom stereocenters. The van der Waals surface area contributed by atoms with Crippen molar-refractivity contribution in [2.45, 2.75) is 0 Å². The highest BCUT2D eigenvalue weighted by Crippen LogP contribution is 2.20. The molecule has 1 N–H and O–H groups in total. The molecule has 7 heteroatoms. The molecule has 0 fully saturated rings. The van der Waals surface area contributed by atoms with Crippen molar-refractivity contribution in [2.75, 3.05) is 0 Å². The number of nitrogens with zero attached hydrogens (tertiary/aromatic N) is 5. The number of nitrogens with one attached hydrogen (secondary N) is 1. The van der Waals surface area contributed by atoms with Gasteiger partial charge < -0.3 is 0 Å². The maximum absolute atomic E-state index is 5.83. The summed E-state index contributed by atoms with van der Waals surface area (Å²) < 4.78 is 1.87. The highest BCUT2D eigenvalue weighted by Gasteiger charge is 2.08. The number of hydrogen-bond donors (Lipinski definition) is 1. The Morgan fingerprint density at radius 3 is 3.05 bits per heavy atom. The van der Waals surface area contributed by atoms with E-state index in [4.69, 9.17) is 11.6 Å². The van der Waals surface area contributed by atoms with Crippen LogP contribution in [-0.2, 0) is 0 Å². The van der Waals surface area contributed by atoms with Crippen LogP contribution in [0.25, 0.3) is 27.8 Å². The topological polar surface area (TPSA) is 72.3 Å². The van der Waals surface area contributed by atoms with Crippen LogP contribution in [0.5, 0.6) is 0 Å². The van der Waals surface area contributed by atoms with E-state index in [9.17, 15) is 0 Å². The summed E-state index contributed by atoms with van der Waals surface area (Å²) in [7, 11) is 0. The van der Waals surface area contributed by atoms with Crippen LogP contribution in [0.2, 0.25) is 5.28 Å². The average molecular weight is 271 g/mol. The third kappa shape index (κ3) is 1.57. The highest BCUT2D eigenvalue weighted by molar-refractivity contribution is 6.28. The van der Waals surface area contributed by atoms with E-state index in [-0.39, 0.29) is 5.28 Å². The van der Waals surface area contributed by atoms with Crippen molar-refractivity contribution in [2.24, 2.45) is 0 Å². The van der Waals surface area contributed by atoms with Gasteiger partial charge in [0.25, 0.3) is 0 Å². The fraction of sp³-hybridized carbons (Fsp3) is 0. The maximum Gasteiger partial charge on any atom is 0.224 e. The molecule has 0 saturated heterocycles. The molecule has 19 heavy (non-hydrogen) atoms. The first-order chi connectivity index (χ1) is 9.31. The summed E-state index contributed by atoms with van der Waals surface area (Å²) in [5, 5.41) is 8.15. The molecule has 0 amide bonds. The number of halogens is 1. The Morgan fingerprint density at radius 2 is 2.11 bits per heavy atom. The number of benzene rings is 1. The smallest absolute Gasteiger partial charge is 0.224 e. The van der Waals surface area contributed by atoms with Gasteiger partial charge in [-0.1, -0.05) is 0 Å². The summed E-state index contributed by atoms with van der Waals surface area (Å²) >= 11 is 5.83. The molecule has 0 radical (unpaired) electrons. The van der Waals surface area contributed by atoms with Crippen LogP contribution in [0.4, 0.5) is 0 Å². The monoisotopic (exact) mass is 270 g/mol. The van der Waals surface area contributed by atoms with E-state index in [1.54, 1.807) is 18.7 Å². The van der Waals surface area contributed by atoms with Gasteiger partial charge in [0.2, 0.25) is 5.28 Å². The molecule has 0 atom stereocenters. The third-order valence-corrected chi connectivity index (χ3v) is 3.15. The first-order valence-electron chi connectivity index (χ1n) is 5.60. The Morgan fingerprint density at radius 1 is 1.16 bits per heavy atom. The van der Waals surface area contributed by atoms with Crippen molar-refractivity contribution in [3.05, 3.63) is 42.2 Å². The molecule has 0 saturated carbocycles. The number of hydrogen-bond acceptors (Lipinski definition) is 4. The van der Waals surface area contributed by atoms with Crippen LogP contribution in [0, 0.1) is 0 Å². The van der Waals surface area contributed by atoms with E-state index < -0.39 is 0 Å². The summed E-state index contributed by atoms with van der Waals surface area (Å²) in [5.74, 6) is 0. The number of rotatable bonds is 1. The second-order valence-corrected chi connectivity index (χ2v) is 4.44. The quantitative estimate of drug-likeness (QED) is 0.539. The number of aromatic nitrogens is 6. The largest absolute Gasteiger partial charge is 0.283 e. The zero-order valence-corrected chi connectivity index (χ0v) is 10.3. The van der Waals surface area contributed by atoms with Gasteiger partial charge in [0.05, 0.1) is 17.9 Å². The van der Waals surface area contributed by atoms with E-state index >= 15 is 0 Å². The van der Waals surface area contributed by atoms with Gasteiger partial charge in [-0.15, -0.1) is 0 Å². The summed E-state index contributed by atoms with van der Waals surface area (Å²) in [6.45, 7) is 0. The minimum atomic E-state index is 0.207. The van der Waals surface area contributed by atoms with E-state index in [0.29, 0.717) is 11.2 Å². The van der Waals surface area contributed by atoms with Crippen molar-refractivity contribution in [3.8, 4) is 5.69 Å². The van der Waals surface area contributed by atoms with Crippen molar-refractivity contribution in [3.63, 3.8) is 0 Å². The lowest BCUT2D eigenvalue weighted by molar-refractivity contribution is 1.06. The number of H-pyrrole nitrogens is 1. The van der Waals surface area contributed by atoms with Crippen molar-refractivity contribution >= 4 is 33.7 Å². The highest BCUT2D eigenvalue weighted by atomic mass is 35.5. The molecule has 0 aliphatic heterocycles. The molecule has 4 aromatic rings. The molecule has 0 aliphatic carbocycles. The van der Waals surface area contributed by atoms with E-state index in [1.807, 2.05) is 22.8 Å². The molecule has 0 bridgehead atoms. The first kappa shape index (κ1) is 10.5. The molecule has 0 spiro atoms. The Kier molecular flexibility index (Phi) is 2.07. The third-order valence-electron chi connectivity index (χ3n) is 2.96. The van der Waals surface area contributed by atoms with E-state index in [0.717, 1.165) is 16.6 Å². The standard InChI is InChI=1S/C12H7ClN6/c13-12-14-5-10-11(17-12)19(6-15-10)8-1-2-9-7(3-8)4-16-18-9/h1-6H,(H,16,18). The zero-order valence-electron chi connectivity index (χ0n) is 9.58. The van der Waals surface area contributed by atoms with Crippen molar-refractivity contribution in [1.82, 2.24) is 29.7 Å². The van der Waals surface area contributed by atoms with Gasteiger partial charge in [0, 0.05) is 11.1 Å². The number of aromatic amines is 1. The van der Waals surface area contributed by atoms with Crippen molar-refractivity contribution < 1.29 is 0 Å². The van der Waals surface area contributed by atoms with Gasteiger partial charge in [-0.3, -0.25) is 9.67 Å². The van der Waals surface area contributed by atoms with Gasteiger partial charge in [0.15, 0.2) is 5.65 Å². The summed E-state index contributed by atoms with van der Waals surface area (Å²) in [6.07, 6.45) is 5.09. The molecule has 0 aliphatic rings. The lowest BCUT2D eigenvalue weighted by Crippen LogP contribution is -1.94.